The molecule has 1 rings (SSSR count). The number of carbonyl (C=O) groups is 1. The normalized spacial score (nSPS) is 25.9. The van der Waals surface area contributed by atoms with Gasteiger partial charge in [0, 0.05) is 31.6 Å². The fourth-order valence-corrected chi connectivity index (χ4v) is 1.91. The van der Waals surface area contributed by atoms with Crippen molar-refractivity contribution in [3.63, 3.8) is 0 Å². The monoisotopic (exact) mass is 260 g/mol. The Morgan fingerprint density at radius 2 is 2.11 bits per heavy atom. The van der Waals surface area contributed by atoms with Crippen molar-refractivity contribution >= 4 is 6.09 Å². The molecule has 0 N–H and O–H groups in total. The first-order valence-electron chi connectivity index (χ1n) is 6.46. The first-order chi connectivity index (χ1) is 8.25. The Hall–Kier alpha value is -0.840. The predicted octanol–water partition coefficient (Wildman–Crippen LogP) is 2.29. The number of hydrogen-bond acceptors (Lipinski definition) is 3. The van der Waals surface area contributed by atoms with Gasteiger partial charge in [-0.25, -0.2) is 9.18 Å². The van der Waals surface area contributed by atoms with Gasteiger partial charge in [-0.1, -0.05) is 0 Å². The van der Waals surface area contributed by atoms with E-state index in [1.807, 2.05) is 32.7 Å². The smallest absolute Gasteiger partial charge is 0.410 e. The maximum atomic E-state index is 12.8. The summed E-state index contributed by atoms with van der Waals surface area (Å²) in [6, 6.07) is -0.128. The molecule has 5 heteroatoms. The van der Waals surface area contributed by atoms with Crippen LogP contribution in [0.2, 0.25) is 0 Å². The number of alkyl halides is 1. The van der Waals surface area contributed by atoms with Crippen LogP contribution < -0.4 is 0 Å². The quantitative estimate of drug-likeness (QED) is 0.763. The van der Waals surface area contributed by atoms with Crippen LogP contribution in [0.1, 0.15) is 33.6 Å². The first kappa shape index (κ1) is 15.2. The van der Waals surface area contributed by atoms with Crippen molar-refractivity contribution in [2.24, 2.45) is 0 Å². The molecule has 0 aliphatic carbocycles. The van der Waals surface area contributed by atoms with E-state index in [0.717, 1.165) is 13.0 Å². The Morgan fingerprint density at radius 3 is 2.61 bits per heavy atom. The van der Waals surface area contributed by atoms with E-state index < -0.39 is 0 Å². The summed E-state index contributed by atoms with van der Waals surface area (Å²) in [7, 11) is 3.63. The molecule has 0 aromatic rings. The van der Waals surface area contributed by atoms with Gasteiger partial charge in [-0.05, 0) is 34.2 Å². The average Bonchev–Trinajstić information content (AvgIpc) is 2.29. The second-order valence-corrected chi connectivity index (χ2v) is 6.05. The zero-order valence-electron chi connectivity index (χ0n) is 12.1. The number of amides is 1. The van der Waals surface area contributed by atoms with E-state index in [-0.39, 0.29) is 30.5 Å². The Labute approximate surface area is 109 Å². The van der Waals surface area contributed by atoms with Crippen molar-refractivity contribution in [2.45, 2.75) is 51.3 Å². The second kappa shape index (κ2) is 5.87. The number of likely N-dealkylation sites (tertiary alicyclic amines) is 1. The van der Waals surface area contributed by atoms with Gasteiger partial charge >= 0.3 is 6.09 Å². The maximum Gasteiger partial charge on any atom is 0.410 e. The number of hydrogen-bond donors (Lipinski definition) is 0. The second-order valence-electron chi connectivity index (χ2n) is 6.05. The summed E-state index contributed by atoms with van der Waals surface area (Å²) in [5, 5.41) is 0. The molecule has 1 amide bonds. The van der Waals surface area contributed by atoms with Crippen LogP contribution in [0.5, 0.6) is 0 Å². The molecule has 1 fully saturated rings. The number of piperidine rings is 1. The summed E-state index contributed by atoms with van der Waals surface area (Å²) in [5.74, 6) is 0. The van der Waals surface area contributed by atoms with Crippen molar-refractivity contribution in [3.8, 4) is 0 Å². The third kappa shape index (κ3) is 3.83. The minimum Gasteiger partial charge on any atom is -0.446 e. The van der Waals surface area contributed by atoms with Crippen LogP contribution in [0.25, 0.3) is 0 Å². The third-order valence-electron chi connectivity index (χ3n) is 3.69. The number of ether oxygens (including phenoxy) is 1. The lowest BCUT2D eigenvalue weighted by atomic mass is 10.0. The summed E-state index contributed by atoms with van der Waals surface area (Å²) in [6.07, 6.45) is 0.863. The largest absolute Gasteiger partial charge is 0.446 e. The predicted molar refractivity (Wildman–Crippen MR) is 69.4 cm³/mol. The molecule has 4 nitrogen and oxygen atoms in total. The minimum absolute atomic E-state index is 0.128. The molecule has 0 saturated carbocycles. The molecule has 0 aromatic carbocycles. The van der Waals surface area contributed by atoms with Crippen molar-refractivity contribution in [2.75, 3.05) is 27.3 Å². The summed E-state index contributed by atoms with van der Waals surface area (Å²) in [6.45, 7) is 6.24. The summed E-state index contributed by atoms with van der Waals surface area (Å²) in [4.78, 5) is 15.5. The van der Waals surface area contributed by atoms with E-state index in [4.69, 9.17) is 4.74 Å². The van der Waals surface area contributed by atoms with Gasteiger partial charge in [0.1, 0.15) is 12.8 Å². The van der Waals surface area contributed by atoms with Crippen molar-refractivity contribution in [1.29, 1.82) is 0 Å². The molecule has 1 saturated heterocycles. The number of carbonyl (C=O) groups excluding carboxylic acids is 1. The fourth-order valence-electron chi connectivity index (χ4n) is 1.91. The van der Waals surface area contributed by atoms with Crippen LogP contribution in [-0.4, -0.2) is 60.9 Å². The Kier molecular flexibility index (Phi) is 4.96. The number of halogens is 1. The van der Waals surface area contributed by atoms with Gasteiger partial charge < -0.3 is 14.5 Å². The summed E-state index contributed by atoms with van der Waals surface area (Å²) < 4.78 is 18.2. The van der Waals surface area contributed by atoms with Gasteiger partial charge in [0.2, 0.25) is 0 Å². The van der Waals surface area contributed by atoms with Gasteiger partial charge in [-0.15, -0.1) is 0 Å². The van der Waals surface area contributed by atoms with Crippen molar-refractivity contribution < 1.29 is 13.9 Å². The van der Waals surface area contributed by atoms with Gasteiger partial charge in [-0.3, -0.25) is 0 Å². The number of nitrogens with zero attached hydrogens (tertiary/aromatic N) is 2. The molecule has 1 aliphatic heterocycles. The van der Waals surface area contributed by atoms with Crippen molar-refractivity contribution in [3.05, 3.63) is 0 Å². The molecule has 0 radical (unpaired) electrons. The Morgan fingerprint density at radius 1 is 1.50 bits per heavy atom. The van der Waals surface area contributed by atoms with Gasteiger partial charge in [0.15, 0.2) is 0 Å². The first-order valence-corrected chi connectivity index (χ1v) is 6.46. The maximum absolute atomic E-state index is 12.8. The molecule has 2 atom stereocenters. The van der Waals surface area contributed by atoms with E-state index >= 15 is 0 Å². The third-order valence-corrected chi connectivity index (χ3v) is 3.69. The van der Waals surface area contributed by atoms with E-state index in [1.165, 1.54) is 0 Å². The Bertz CT molecular complexity index is 291. The van der Waals surface area contributed by atoms with Crippen LogP contribution in [-0.2, 0) is 4.74 Å². The molecule has 1 heterocycles. The van der Waals surface area contributed by atoms with Crippen LogP contribution in [0.4, 0.5) is 9.18 Å². The molecule has 2 unspecified atom stereocenters. The Balaban J connectivity index is 2.51. The molecular formula is C13H25FN2O2. The van der Waals surface area contributed by atoms with Crippen LogP contribution in [0.15, 0.2) is 0 Å². The lowest BCUT2D eigenvalue weighted by Crippen LogP contribution is -2.48. The van der Waals surface area contributed by atoms with Gasteiger partial charge in [0.25, 0.3) is 0 Å². The van der Waals surface area contributed by atoms with Crippen molar-refractivity contribution in [1.82, 2.24) is 9.80 Å². The molecular weight excluding hydrogens is 235 g/mol. The highest BCUT2D eigenvalue weighted by molar-refractivity contribution is 5.68. The number of rotatable bonds is 2. The van der Waals surface area contributed by atoms with E-state index in [1.54, 1.807) is 11.9 Å². The average molecular weight is 260 g/mol. The molecule has 1 aliphatic rings. The molecule has 106 valence electrons. The highest BCUT2D eigenvalue weighted by Crippen LogP contribution is 2.21. The standard InChI is InChI=1S/C13H25FN2O2/c1-13(2,3)16(5)12(17)18-11-6-7-15(4)10(8-11)9-14/h10-11H,6-9H2,1-5H3. The van der Waals surface area contributed by atoms with Crippen LogP contribution in [0, 0.1) is 0 Å². The van der Waals surface area contributed by atoms with Crippen LogP contribution >= 0.6 is 0 Å². The zero-order valence-corrected chi connectivity index (χ0v) is 12.1. The van der Waals surface area contributed by atoms with Crippen LogP contribution in [0.3, 0.4) is 0 Å². The van der Waals surface area contributed by atoms with Gasteiger partial charge in [-0.2, -0.15) is 0 Å². The SMILES string of the molecule is CN1CCC(OC(=O)N(C)C(C)(C)C)CC1CF. The minimum atomic E-state index is -0.389. The summed E-state index contributed by atoms with van der Waals surface area (Å²) >= 11 is 0. The molecule has 18 heavy (non-hydrogen) atoms. The van der Waals surface area contributed by atoms with E-state index in [9.17, 15) is 9.18 Å². The summed E-state index contributed by atoms with van der Waals surface area (Å²) in [5.41, 5.74) is -0.262. The van der Waals surface area contributed by atoms with E-state index in [2.05, 4.69) is 0 Å². The van der Waals surface area contributed by atoms with Gasteiger partial charge in [0.05, 0.1) is 0 Å². The highest BCUT2D eigenvalue weighted by atomic mass is 19.1. The zero-order chi connectivity index (χ0) is 13.9. The highest BCUT2D eigenvalue weighted by Gasteiger charge is 2.31. The lowest BCUT2D eigenvalue weighted by Gasteiger charge is -2.37. The molecule has 0 bridgehead atoms. The molecule has 0 aromatic heterocycles. The molecule has 0 spiro atoms. The fraction of sp³-hybridized carbons (Fsp3) is 0.923. The lowest BCUT2D eigenvalue weighted by molar-refractivity contribution is 0.00202. The topological polar surface area (TPSA) is 32.8 Å². The van der Waals surface area contributed by atoms with E-state index in [0.29, 0.717) is 6.42 Å².